The predicted octanol–water partition coefficient (Wildman–Crippen LogP) is 5.07. The second-order valence-corrected chi connectivity index (χ2v) is 7.64. The van der Waals surface area contributed by atoms with E-state index in [0.717, 1.165) is 16.7 Å². The van der Waals surface area contributed by atoms with Crippen molar-refractivity contribution < 1.29 is 24.1 Å². The van der Waals surface area contributed by atoms with Crippen LogP contribution >= 0.6 is 0 Å². The number of hydrogen-bond donors (Lipinski definition) is 1. The molecule has 0 aromatic carbocycles. The van der Waals surface area contributed by atoms with Crippen molar-refractivity contribution in [1.29, 1.82) is 0 Å². The first kappa shape index (κ1) is 25.8. The van der Waals surface area contributed by atoms with Gasteiger partial charge in [-0.1, -0.05) is 12.2 Å². The Morgan fingerprint density at radius 3 is 2.24 bits per heavy atom. The fourth-order valence-corrected chi connectivity index (χ4v) is 3.68. The van der Waals surface area contributed by atoms with E-state index in [0.29, 0.717) is 13.2 Å². The number of rotatable bonds is 11. The Bertz CT molecular complexity index is 648. The van der Waals surface area contributed by atoms with Crippen LogP contribution in [-0.2, 0) is 18.9 Å². The molecule has 0 aromatic heterocycles. The highest BCUT2D eigenvalue weighted by Gasteiger charge is 2.40. The van der Waals surface area contributed by atoms with Crippen molar-refractivity contribution in [2.24, 2.45) is 0 Å². The van der Waals surface area contributed by atoms with Gasteiger partial charge in [0.15, 0.2) is 12.6 Å². The van der Waals surface area contributed by atoms with E-state index < -0.39 is 23.6 Å². The number of aliphatic hydroxyl groups is 1. The van der Waals surface area contributed by atoms with Crippen LogP contribution in [0.2, 0.25) is 0 Å². The Hall–Kier alpha value is -1.24. The first-order valence-electron chi connectivity index (χ1n) is 10.5. The summed E-state index contributed by atoms with van der Waals surface area (Å²) in [5.74, 6) is 0. The Labute approximate surface area is 177 Å². The first-order valence-corrected chi connectivity index (χ1v) is 10.5. The number of aliphatic hydroxyl groups excluding tert-OH is 1. The Balaban J connectivity index is 3.41. The maximum absolute atomic E-state index is 10.4. The number of allylic oxidation sites excluding steroid dienone is 1. The molecule has 5 atom stereocenters. The molecule has 166 valence electrons. The van der Waals surface area contributed by atoms with Crippen molar-refractivity contribution >= 4 is 0 Å². The summed E-state index contributed by atoms with van der Waals surface area (Å²) in [6, 6.07) is 0. The number of hydrogen-bond acceptors (Lipinski definition) is 5. The quantitative estimate of drug-likeness (QED) is 0.382. The molecular formula is C24H40O5. The van der Waals surface area contributed by atoms with Crippen LogP contribution in [0.3, 0.4) is 0 Å². The van der Waals surface area contributed by atoms with Crippen LogP contribution in [0, 0.1) is 0 Å². The van der Waals surface area contributed by atoms with Crippen molar-refractivity contribution in [2.45, 2.75) is 92.2 Å². The van der Waals surface area contributed by atoms with Crippen molar-refractivity contribution in [2.75, 3.05) is 13.2 Å². The molecule has 0 aliphatic heterocycles. The third-order valence-corrected chi connectivity index (χ3v) is 5.31. The molecule has 0 spiro atoms. The minimum absolute atomic E-state index is 0.353. The third-order valence-electron chi connectivity index (χ3n) is 5.31. The fraction of sp³-hybridized carbons (Fsp3) is 0.667. The summed E-state index contributed by atoms with van der Waals surface area (Å²) in [6.07, 6.45) is 8.41. The predicted molar refractivity (Wildman–Crippen MR) is 118 cm³/mol. The highest BCUT2D eigenvalue weighted by molar-refractivity contribution is 5.47. The van der Waals surface area contributed by atoms with Crippen LogP contribution in [-0.4, -0.2) is 48.2 Å². The van der Waals surface area contributed by atoms with E-state index in [2.05, 4.69) is 0 Å². The zero-order chi connectivity index (χ0) is 22.2. The molecule has 1 N–H and O–H groups in total. The molecule has 0 amide bonds. The second-order valence-electron chi connectivity index (χ2n) is 7.64. The Morgan fingerprint density at radius 2 is 1.69 bits per heavy atom. The van der Waals surface area contributed by atoms with Gasteiger partial charge in [-0.05, 0) is 97.3 Å². The summed E-state index contributed by atoms with van der Waals surface area (Å²) in [7, 11) is 0. The summed E-state index contributed by atoms with van der Waals surface area (Å²) < 4.78 is 23.8. The lowest BCUT2D eigenvalue weighted by Crippen LogP contribution is -2.42. The van der Waals surface area contributed by atoms with Gasteiger partial charge in [0.05, 0.1) is 6.10 Å². The molecule has 0 fully saturated rings. The van der Waals surface area contributed by atoms with Crippen LogP contribution in [0.1, 0.15) is 62.3 Å². The van der Waals surface area contributed by atoms with Crippen LogP contribution in [0.25, 0.3) is 0 Å². The lowest BCUT2D eigenvalue weighted by Gasteiger charge is -2.41. The van der Waals surface area contributed by atoms with Gasteiger partial charge in [0.25, 0.3) is 0 Å². The maximum Gasteiger partial charge on any atom is 0.156 e. The molecule has 1 aliphatic carbocycles. The molecule has 0 saturated heterocycles. The monoisotopic (exact) mass is 408 g/mol. The van der Waals surface area contributed by atoms with E-state index in [1.54, 1.807) is 0 Å². The smallest absolute Gasteiger partial charge is 0.156 e. The van der Waals surface area contributed by atoms with Crippen molar-refractivity contribution in [3.05, 3.63) is 47.1 Å². The van der Waals surface area contributed by atoms with E-state index >= 15 is 0 Å². The lowest BCUT2D eigenvalue weighted by atomic mass is 9.77. The topological polar surface area (TPSA) is 57.2 Å². The lowest BCUT2D eigenvalue weighted by molar-refractivity contribution is -0.169. The molecule has 1 rings (SSSR count). The van der Waals surface area contributed by atoms with E-state index in [1.807, 2.05) is 92.7 Å². The molecule has 5 heteroatoms. The summed E-state index contributed by atoms with van der Waals surface area (Å²) in [4.78, 5) is 0. The van der Waals surface area contributed by atoms with Gasteiger partial charge in [0.1, 0.15) is 11.2 Å². The van der Waals surface area contributed by atoms with Crippen LogP contribution in [0.5, 0.6) is 0 Å². The molecular weight excluding hydrogens is 368 g/mol. The molecule has 1 aliphatic rings. The van der Waals surface area contributed by atoms with Gasteiger partial charge in [-0.15, -0.1) is 0 Å². The molecule has 5 unspecified atom stereocenters. The largest absolute Gasteiger partial charge is 0.385 e. The fourth-order valence-electron chi connectivity index (χ4n) is 3.68. The van der Waals surface area contributed by atoms with Crippen molar-refractivity contribution in [3.8, 4) is 0 Å². The van der Waals surface area contributed by atoms with E-state index in [1.165, 1.54) is 0 Å². The SMILES string of the molecule is C/C=C/C(C)(/C=C/C1(OC(C)OCC)C(C)=CC(O)C(C)=C1C)OC(C)OCC. The average Bonchev–Trinajstić information content (AvgIpc) is 2.63. The normalized spacial score (nSPS) is 27.4. The highest BCUT2D eigenvalue weighted by atomic mass is 16.7. The van der Waals surface area contributed by atoms with Crippen LogP contribution in [0.15, 0.2) is 47.1 Å². The van der Waals surface area contributed by atoms with Gasteiger partial charge in [0.2, 0.25) is 0 Å². The highest BCUT2D eigenvalue weighted by Crippen LogP contribution is 2.40. The van der Waals surface area contributed by atoms with E-state index in [-0.39, 0.29) is 6.29 Å². The summed E-state index contributed by atoms with van der Waals surface area (Å²) >= 11 is 0. The summed E-state index contributed by atoms with van der Waals surface area (Å²) in [6.45, 7) is 18.6. The van der Waals surface area contributed by atoms with Crippen molar-refractivity contribution in [3.63, 3.8) is 0 Å². The molecule has 0 heterocycles. The first-order chi connectivity index (χ1) is 13.5. The average molecular weight is 409 g/mol. The van der Waals surface area contributed by atoms with Gasteiger partial charge < -0.3 is 24.1 Å². The van der Waals surface area contributed by atoms with Gasteiger partial charge in [-0.2, -0.15) is 0 Å². The minimum Gasteiger partial charge on any atom is -0.385 e. The van der Waals surface area contributed by atoms with E-state index in [4.69, 9.17) is 18.9 Å². The molecule has 29 heavy (non-hydrogen) atoms. The van der Waals surface area contributed by atoms with Crippen molar-refractivity contribution in [1.82, 2.24) is 0 Å². The Morgan fingerprint density at radius 1 is 1.10 bits per heavy atom. The Kier molecular flexibility index (Phi) is 9.99. The maximum atomic E-state index is 10.4. The van der Waals surface area contributed by atoms with Gasteiger partial charge in [-0.3, -0.25) is 0 Å². The summed E-state index contributed by atoms with van der Waals surface area (Å²) in [5, 5.41) is 10.4. The molecule has 0 bridgehead atoms. The second kappa shape index (κ2) is 11.2. The van der Waals surface area contributed by atoms with Gasteiger partial charge in [-0.25, -0.2) is 0 Å². The minimum atomic E-state index is -0.820. The molecule has 0 radical (unpaired) electrons. The van der Waals surface area contributed by atoms with Crippen LogP contribution < -0.4 is 0 Å². The van der Waals surface area contributed by atoms with Crippen LogP contribution in [0.4, 0.5) is 0 Å². The third kappa shape index (κ3) is 6.63. The van der Waals surface area contributed by atoms with Gasteiger partial charge in [0, 0.05) is 13.2 Å². The number of ether oxygens (including phenoxy) is 4. The molecule has 0 saturated carbocycles. The van der Waals surface area contributed by atoms with Gasteiger partial charge >= 0.3 is 0 Å². The molecule has 5 nitrogen and oxygen atoms in total. The van der Waals surface area contributed by atoms with E-state index in [9.17, 15) is 5.11 Å². The zero-order valence-corrected chi connectivity index (χ0v) is 19.6. The zero-order valence-electron chi connectivity index (χ0n) is 19.6. The molecule has 0 aromatic rings. The summed E-state index contributed by atoms with van der Waals surface area (Å²) in [5.41, 5.74) is 1.24. The standard InChI is InChI=1S/C24H40O5/c1-10-13-23(9,28-20(7)26-11-2)14-15-24(29-21(8)27-12-3)17(4)16-22(25)18(5)19(24)6/h10,13-16,20-22,25H,11-12H2,1-9H3/b13-10+,15-14+.